The fraction of sp³-hybridized carbons (Fsp3) is 0.391. The van der Waals surface area contributed by atoms with Gasteiger partial charge in [-0.1, -0.05) is 24.6 Å². The Balaban J connectivity index is 1.48. The number of halogens is 1. The Morgan fingerprint density at radius 3 is 2.74 bits per heavy atom. The van der Waals surface area contributed by atoms with Gasteiger partial charge in [0.15, 0.2) is 11.5 Å². The minimum atomic E-state index is -0.181. The highest BCUT2D eigenvalue weighted by atomic mass is 35.5. The van der Waals surface area contributed by atoms with Crippen LogP contribution in [0.1, 0.15) is 30.5 Å². The first kappa shape index (κ1) is 20.2. The zero-order valence-corrected chi connectivity index (χ0v) is 18.2. The molecule has 4 heterocycles. The topological polar surface area (TPSA) is 59.3 Å². The van der Waals surface area contributed by atoms with E-state index in [4.69, 9.17) is 21.1 Å². The van der Waals surface area contributed by atoms with E-state index in [1.165, 1.54) is 0 Å². The quantitative estimate of drug-likeness (QED) is 0.608. The van der Waals surface area contributed by atoms with Crippen molar-refractivity contribution in [1.29, 1.82) is 0 Å². The van der Waals surface area contributed by atoms with Crippen molar-refractivity contribution in [2.24, 2.45) is 0 Å². The van der Waals surface area contributed by atoms with E-state index in [0.717, 1.165) is 55.4 Å². The highest BCUT2D eigenvalue weighted by Gasteiger charge is 2.28. The van der Waals surface area contributed by atoms with Gasteiger partial charge < -0.3 is 23.7 Å². The van der Waals surface area contributed by atoms with Gasteiger partial charge >= 0.3 is 0 Å². The van der Waals surface area contributed by atoms with E-state index in [1.807, 2.05) is 52.0 Å². The molecule has 7 nitrogen and oxygen atoms in total. The maximum absolute atomic E-state index is 13.3. The predicted molar refractivity (Wildman–Crippen MR) is 118 cm³/mol. The zero-order valence-electron chi connectivity index (χ0n) is 17.5. The zero-order chi connectivity index (χ0) is 21.4. The summed E-state index contributed by atoms with van der Waals surface area (Å²) < 4.78 is 13.0. The molecule has 5 rings (SSSR count). The standard InChI is InChI=1S/C23H25ClN4O3/c1-2-26-7-9-27(10-8-26)23(29)12-18(16-3-5-20-21(11-16)31-15-30-20)19-13-25-22-6-4-17(24)14-28(19)22/h3-6,11,13-14,18H,2,7-10,12,15H2,1H3. The van der Waals surface area contributed by atoms with Crippen molar-refractivity contribution in [1.82, 2.24) is 19.2 Å². The first-order chi connectivity index (χ1) is 15.1. The largest absolute Gasteiger partial charge is 0.454 e. The second-order valence-electron chi connectivity index (χ2n) is 7.94. The van der Waals surface area contributed by atoms with E-state index in [0.29, 0.717) is 17.2 Å². The molecule has 0 N–H and O–H groups in total. The lowest BCUT2D eigenvalue weighted by Crippen LogP contribution is -2.48. The fourth-order valence-electron chi connectivity index (χ4n) is 4.37. The summed E-state index contributed by atoms with van der Waals surface area (Å²) in [6.45, 7) is 6.76. The van der Waals surface area contributed by atoms with Crippen LogP contribution in [0.3, 0.4) is 0 Å². The molecule has 2 aromatic heterocycles. The Labute approximate surface area is 186 Å². The van der Waals surface area contributed by atoms with E-state index in [9.17, 15) is 4.79 Å². The first-order valence-electron chi connectivity index (χ1n) is 10.6. The Morgan fingerprint density at radius 1 is 1.13 bits per heavy atom. The highest BCUT2D eigenvalue weighted by molar-refractivity contribution is 6.30. The summed E-state index contributed by atoms with van der Waals surface area (Å²) in [6, 6.07) is 9.59. The molecule has 0 aliphatic carbocycles. The molecule has 0 spiro atoms. The number of piperazine rings is 1. The average molecular weight is 441 g/mol. The van der Waals surface area contributed by atoms with Crippen LogP contribution in [-0.4, -0.2) is 64.6 Å². The van der Waals surface area contributed by atoms with Gasteiger partial charge in [-0.2, -0.15) is 0 Å². The van der Waals surface area contributed by atoms with Crippen LogP contribution in [0.2, 0.25) is 5.02 Å². The number of aromatic nitrogens is 2. The molecule has 31 heavy (non-hydrogen) atoms. The van der Waals surface area contributed by atoms with Gasteiger partial charge in [-0.15, -0.1) is 0 Å². The number of imidazole rings is 1. The number of fused-ring (bicyclic) bond motifs is 2. The van der Waals surface area contributed by atoms with Gasteiger partial charge in [-0.05, 0) is 36.4 Å². The Morgan fingerprint density at radius 2 is 1.94 bits per heavy atom. The van der Waals surface area contributed by atoms with Crippen LogP contribution in [-0.2, 0) is 4.79 Å². The summed E-state index contributed by atoms with van der Waals surface area (Å²) >= 11 is 6.26. The number of benzene rings is 1. The molecule has 1 atom stereocenters. The van der Waals surface area contributed by atoms with E-state index in [2.05, 4.69) is 16.8 Å². The van der Waals surface area contributed by atoms with Crippen LogP contribution in [0.5, 0.6) is 11.5 Å². The monoisotopic (exact) mass is 440 g/mol. The average Bonchev–Trinajstić information content (AvgIpc) is 3.43. The molecule has 0 saturated carbocycles. The number of hydrogen-bond donors (Lipinski definition) is 0. The normalized spacial score (nSPS) is 17.3. The van der Waals surface area contributed by atoms with Gasteiger partial charge in [0.25, 0.3) is 0 Å². The van der Waals surface area contributed by atoms with Crippen molar-refractivity contribution >= 4 is 23.2 Å². The SMILES string of the molecule is CCN1CCN(C(=O)CC(c2ccc3c(c2)OCO3)c2cnc3ccc(Cl)cn23)CC1. The summed E-state index contributed by atoms with van der Waals surface area (Å²) in [5.41, 5.74) is 2.72. The Hall–Kier alpha value is -2.77. The van der Waals surface area contributed by atoms with Gasteiger partial charge in [0.05, 0.1) is 10.7 Å². The molecule has 8 heteroatoms. The van der Waals surface area contributed by atoms with Crippen molar-refractivity contribution in [3.8, 4) is 11.5 Å². The van der Waals surface area contributed by atoms with Crippen molar-refractivity contribution in [2.45, 2.75) is 19.3 Å². The minimum Gasteiger partial charge on any atom is -0.454 e. The molecule has 1 aromatic carbocycles. The maximum Gasteiger partial charge on any atom is 0.231 e. The van der Waals surface area contributed by atoms with E-state index in [1.54, 1.807) is 0 Å². The van der Waals surface area contributed by atoms with Crippen molar-refractivity contribution in [2.75, 3.05) is 39.5 Å². The van der Waals surface area contributed by atoms with Crippen LogP contribution in [0.15, 0.2) is 42.7 Å². The van der Waals surface area contributed by atoms with Crippen LogP contribution in [0.4, 0.5) is 0 Å². The predicted octanol–water partition coefficient (Wildman–Crippen LogP) is 3.40. The summed E-state index contributed by atoms with van der Waals surface area (Å²) in [4.78, 5) is 22.2. The Kier molecular flexibility index (Phi) is 5.46. The summed E-state index contributed by atoms with van der Waals surface area (Å²) in [5.74, 6) is 1.40. The molecule has 162 valence electrons. The maximum atomic E-state index is 13.3. The lowest BCUT2D eigenvalue weighted by Gasteiger charge is -2.34. The van der Waals surface area contributed by atoms with Crippen LogP contribution in [0, 0.1) is 0 Å². The molecule has 0 bridgehead atoms. The highest BCUT2D eigenvalue weighted by Crippen LogP contribution is 2.38. The molecule has 2 aliphatic heterocycles. The summed E-state index contributed by atoms with van der Waals surface area (Å²) in [7, 11) is 0. The number of nitrogens with zero attached hydrogens (tertiary/aromatic N) is 4. The number of likely N-dealkylation sites (N-methyl/N-ethyl adjacent to an activating group) is 1. The van der Waals surface area contributed by atoms with E-state index < -0.39 is 0 Å². The second kappa shape index (κ2) is 8.40. The number of carbonyl (C=O) groups excluding carboxylic acids is 1. The molecule has 1 saturated heterocycles. The molecule has 1 fully saturated rings. The summed E-state index contributed by atoms with van der Waals surface area (Å²) in [6.07, 6.45) is 4.04. The van der Waals surface area contributed by atoms with Gasteiger partial charge in [0.1, 0.15) is 5.65 Å². The molecule has 1 unspecified atom stereocenters. The number of pyridine rings is 1. The van der Waals surface area contributed by atoms with E-state index in [-0.39, 0.29) is 18.6 Å². The number of rotatable bonds is 5. The smallest absolute Gasteiger partial charge is 0.231 e. The van der Waals surface area contributed by atoms with Crippen molar-refractivity contribution < 1.29 is 14.3 Å². The van der Waals surface area contributed by atoms with Gasteiger partial charge in [0, 0.05) is 50.9 Å². The van der Waals surface area contributed by atoms with Gasteiger partial charge in [-0.25, -0.2) is 4.98 Å². The van der Waals surface area contributed by atoms with E-state index >= 15 is 0 Å². The van der Waals surface area contributed by atoms with Crippen LogP contribution >= 0.6 is 11.6 Å². The lowest BCUT2D eigenvalue weighted by molar-refractivity contribution is -0.133. The first-order valence-corrected chi connectivity index (χ1v) is 11.0. The second-order valence-corrected chi connectivity index (χ2v) is 8.38. The third-order valence-electron chi connectivity index (χ3n) is 6.21. The number of hydrogen-bond acceptors (Lipinski definition) is 5. The third-order valence-corrected chi connectivity index (χ3v) is 6.43. The number of carbonyl (C=O) groups is 1. The lowest BCUT2D eigenvalue weighted by atomic mass is 9.91. The van der Waals surface area contributed by atoms with Crippen molar-refractivity contribution in [3.05, 3.63) is 59.0 Å². The molecular formula is C23H25ClN4O3. The molecule has 3 aromatic rings. The van der Waals surface area contributed by atoms with Gasteiger partial charge in [0.2, 0.25) is 12.7 Å². The van der Waals surface area contributed by atoms with Crippen LogP contribution in [0.25, 0.3) is 5.65 Å². The van der Waals surface area contributed by atoms with Crippen molar-refractivity contribution in [3.63, 3.8) is 0 Å². The van der Waals surface area contributed by atoms with Gasteiger partial charge in [-0.3, -0.25) is 4.79 Å². The summed E-state index contributed by atoms with van der Waals surface area (Å²) in [5, 5.41) is 0.623. The third kappa shape index (κ3) is 3.95. The molecule has 2 aliphatic rings. The molecule has 0 radical (unpaired) electrons. The number of ether oxygens (including phenoxy) is 2. The molecule has 1 amide bonds. The fourth-order valence-corrected chi connectivity index (χ4v) is 4.53. The van der Waals surface area contributed by atoms with Crippen LogP contribution < -0.4 is 9.47 Å². The number of amides is 1. The minimum absolute atomic E-state index is 0.149. The Bertz CT molecular complexity index is 1110. The molecular weight excluding hydrogens is 416 g/mol.